The van der Waals surface area contributed by atoms with Crippen molar-refractivity contribution >= 4 is 50.4 Å². The van der Waals surface area contributed by atoms with Gasteiger partial charge in [0.25, 0.3) is 5.91 Å². The molecule has 6 rings (SSSR count). The Hall–Kier alpha value is -4.79. The second-order valence-corrected chi connectivity index (χ2v) is 18.4. The molecule has 1 aliphatic heterocycles. The summed E-state index contributed by atoms with van der Waals surface area (Å²) in [4.78, 5) is 74.0. The molecule has 1 aromatic carbocycles. The fraction of sp³-hybridized carbons (Fsp3) is 0.550. The van der Waals surface area contributed by atoms with E-state index in [-0.39, 0.29) is 38.0 Å². The summed E-state index contributed by atoms with van der Waals surface area (Å²) in [7, 11) is -3.92. The third-order valence-electron chi connectivity index (χ3n) is 10.3. The molecule has 5 atom stereocenters. The number of alkyl carbamates (subject to hydrolysis) is 1. The standard InChI is InChI=1S/C40H51N5O9S/c1-7-27-21-40(27,37(49)44-55(51,52)30-13-14-30)43-34(47)33-20-29(53-35-31-19-26(24-8-9-24)11-10-25(31)16-17-41-35)22-45(33)36(48)32(15-12-28(46)18-23(2)3)42-38(50)54-39(4,5)6/h7,10-11,16-19,24,27,29-30,32-33H,1,8-9,12-15,20-22H2,2-6H3,(H,42,50)(H,43,47)(H,44,49)/t27?,29-,32+,33+,40-/m1/s1. The monoisotopic (exact) mass is 777 g/mol. The number of nitrogens with one attached hydrogen (secondary N) is 3. The molecule has 0 spiro atoms. The molecule has 2 heterocycles. The Labute approximate surface area is 321 Å². The molecular weight excluding hydrogens is 727 g/mol. The normalized spacial score (nSPS) is 23.9. The maximum Gasteiger partial charge on any atom is 0.408 e. The minimum absolute atomic E-state index is 0.00929. The lowest BCUT2D eigenvalue weighted by Crippen LogP contribution is -2.58. The van der Waals surface area contributed by atoms with Gasteiger partial charge in [-0.05, 0) is 108 Å². The van der Waals surface area contributed by atoms with Gasteiger partial charge in [0.1, 0.15) is 29.3 Å². The summed E-state index contributed by atoms with van der Waals surface area (Å²) in [6.07, 6.45) is 5.99. The zero-order valence-corrected chi connectivity index (χ0v) is 32.9. The Bertz CT molecular complexity index is 2030. The Morgan fingerprint density at radius 3 is 2.44 bits per heavy atom. The summed E-state index contributed by atoms with van der Waals surface area (Å²) in [5.41, 5.74) is -0.520. The van der Waals surface area contributed by atoms with Crippen molar-refractivity contribution in [3.8, 4) is 5.88 Å². The topological polar surface area (TPSA) is 190 Å². The van der Waals surface area contributed by atoms with Crippen LogP contribution in [0.5, 0.6) is 5.88 Å². The van der Waals surface area contributed by atoms with Crippen molar-refractivity contribution in [1.82, 2.24) is 25.2 Å². The van der Waals surface area contributed by atoms with E-state index in [0.717, 1.165) is 29.2 Å². The van der Waals surface area contributed by atoms with Crippen molar-refractivity contribution in [3.63, 3.8) is 0 Å². The highest BCUT2D eigenvalue weighted by Crippen LogP contribution is 2.46. The van der Waals surface area contributed by atoms with Crippen molar-refractivity contribution < 1.29 is 41.9 Å². The number of sulfonamides is 1. The largest absolute Gasteiger partial charge is 0.472 e. The first-order valence-electron chi connectivity index (χ1n) is 18.9. The molecule has 14 nitrogen and oxygen atoms in total. The van der Waals surface area contributed by atoms with E-state index in [1.54, 1.807) is 40.8 Å². The average molecular weight is 778 g/mol. The van der Waals surface area contributed by atoms with Crippen LogP contribution in [-0.2, 0) is 33.9 Å². The molecule has 4 aliphatic rings. The molecular formula is C40H51N5O9S. The van der Waals surface area contributed by atoms with Gasteiger partial charge < -0.3 is 25.0 Å². The van der Waals surface area contributed by atoms with Crippen molar-refractivity contribution in [1.29, 1.82) is 0 Å². The fourth-order valence-electron chi connectivity index (χ4n) is 7.06. The Morgan fingerprint density at radius 2 is 1.82 bits per heavy atom. The molecule has 4 fully saturated rings. The third kappa shape index (κ3) is 9.54. The number of allylic oxidation sites excluding steroid dienone is 2. The Balaban J connectivity index is 1.29. The first-order valence-corrected chi connectivity index (χ1v) is 20.5. The van der Waals surface area contributed by atoms with Crippen LogP contribution in [0, 0.1) is 5.92 Å². The number of benzene rings is 1. The maximum absolute atomic E-state index is 14.5. The number of fused-ring (bicyclic) bond motifs is 1. The number of nitrogens with zero attached hydrogens (tertiary/aromatic N) is 2. The molecule has 1 unspecified atom stereocenters. The van der Waals surface area contributed by atoms with Gasteiger partial charge in [0.2, 0.25) is 27.7 Å². The van der Waals surface area contributed by atoms with E-state index < -0.39 is 74.3 Å². The Kier molecular flexibility index (Phi) is 11.2. The van der Waals surface area contributed by atoms with Crippen LogP contribution in [0.15, 0.2) is 54.8 Å². The van der Waals surface area contributed by atoms with Gasteiger partial charge in [-0.1, -0.05) is 23.8 Å². The van der Waals surface area contributed by atoms with Crippen molar-refractivity contribution in [3.05, 3.63) is 60.3 Å². The first-order chi connectivity index (χ1) is 25.9. The second-order valence-electron chi connectivity index (χ2n) is 16.5. The van der Waals surface area contributed by atoms with E-state index in [0.29, 0.717) is 24.6 Å². The summed E-state index contributed by atoms with van der Waals surface area (Å²) >= 11 is 0. The number of aromatic nitrogens is 1. The summed E-state index contributed by atoms with van der Waals surface area (Å²) in [6, 6.07) is 5.57. The number of rotatable bonds is 15. The number of ketones is 1. The van der Waals surface area contributed by atoms with Crippen molar-refractivity contribution in [2.45, 2.75) is 126 Å². The average Bonchev–Trinajstić information content (AvgIpc) is 3.98. The molecule has 3 aliphatic carbocycles. The van der Waals surface area contributed by atoms with E-state index in [1.165, 1.54) is 22.6 Å². The first kappa shape index (κ1) is 39.9. The molecule has 3 N–H and O–H groups in total. The predicted octanol–water partition coefficient (Wildman–Crippen LogP) is 4.34. The van der Waals surface area contributed by atoms with Crippen LogP contribution in [0.2, 0.25) is 0 Å². The van der Waals surface area contributed by atoms with Gasteiger partial charge in [-0.3, -0.25) is 23.9 Å². The summed E-state index contributed by atoms with van der Waals surface area (Å²) in [5.74, 6) is -2.21. The number of hydrogen-bond acceptors (Lipinski definition) is 10. The lowest BCUT2D eigenvalue weighted by atomic mass is 10.0. The van der Waals surface area contributed by atoms with Gasteiger partial charge >= 0.3 is 6.09 Å². The third-order valence-corrected chi connectivity index (χ3v) is 12.1. The van der Waals surface area contributed by atoms with E-state index in [2.05, 4.69) is 39.1 Å². The van der Waals surface area contributed by atoms with Crippen LogP contribution in [0.25, 0.3) is 10.8 Å². The van der Waals surface area contributed by atoms with Gasteiger partial charge in [-0.25, -0.2) is 18.2 Å². The van der Waals surface area contributed by atoms with Crippen LogP contribution in [0.3, 0.4) is 0 Å². The number of hydrogen-bond donors (Lipinski definition) is 3. The maximum atomic E-state index is 14.5. The van der Waals surface area contributed by atoms with Crippen LogP contribution >= 0.6 is 0 Å². The number of amides is 4. The molecule has 0 bridgehead atoms. The number of likely N-dealkylation sites (tertiary alicyclic amines) is 1. The smallest absolute Gasteiger partial charge is 0.408 e. The highest BCUT2D eigenvalue weighted by Gasteiger charge is 2.62. The molecule has 2 aromatic rings. The highest BCUT2D eigenvalue weighted by molar-refractivity contribution is 7.91. The lowest BCUT2D eigenvalue weighted by molar-refractivity contribution is -0.141. The summed E-state index contributed by atoms with van der Waals surface area (Å²) in [6.45, 7) is 12.3. The van der Waals surface area contributed by atoms with E-state index in [4.69, 9.17) is 9.47 Å². The highest BCUT2D eigenvalue weighted by atomic mass is 32.2. The van der Waals surface area contributed by atoms with Crippen molar-refractivity contribution in [2.24, 2.45) is 5.92 Å². The van der Waals surface area contributed by atoms with Gasteiger partial charge in [0, 0.05) is 30.3 Å². The van der Waals surface area contributed by atoms with Crippen molar-refractivity contribution in [2.75, 3.05) is 6.54 Å². The molecule has 55 heavy (non-hydrogen) atoms. The number of ether oxygens (including phenoxy) is 2. The van der Waals surface area contributed by atoms with Gasteiger partial charge in [0.05, 0.1) is 11.8 Å². The van der Waals surface area contributed by atoms with E-state index in [1.807, 2.05) is 12.1 Å². The molecule has 1 aromatic heterocycles. The molecule has 1 saturated heterocycles. The zero-order valence-electron chi connectivity index (χ0n) is 32.1. The van der Waals surface area contributed by atoms with E-state index >= 15 is 0 Å². The van der Waals surface area contributed by atoms with Crippen LogP contribution in [0.1, 0.15) is 97.5 Å². The number of pyridine rings is 1. The Morgan fingerprint density at radius 1 is 1.09 bits per heavy atom. The molecule has 15 heteroatoms. The molecule has 3 saturated carbocycles. The van der Waals surface area contributed by atoms with Gasteiger partial charge in [-0.2, -0.15) is 0 Å². The molecule has 296 valence electrons. The second kappa shape index (κ2) is 15.4. The van der Waals surface area contributed by atoms with E-state index in [9.17, 15) is 32.4 Å². The number of carbonyl (C=O) groups is 5. The zero-order chi connectivity index (χ0) is 39.9. The quantitative estimate of drug-likeness (QED) is 0.173. The van der Waals surface area contributed by atoms with Crippen LogP contribution in [-0.4, -0.2) is 89.0 Å². The lowest BCUT2D eigenvalue weighted by Gasteiger charge is -2.30. The molecule has 4 amide bonds. The molecule has 0 radical (unpaired) electrons. The fourth-order valence-corrected chi connectivity index (χ4v) is 8.43. The van der Waals surface area contributed by atoms with Gasteiger partial charge in [0.15, 0.2) is 5.78 Å². The number of carbonyl (C=O) groups excluding carboxylic acids is 5. The minimum Gasteiger partial charge on any atom is -0.472 e. The summed E-state index contributed by atoms with van der Waals surface area (Å²) in [5, 5.41) is 6.43. The summed E-state index contributed by atoms with van der Waals surface area (Å²) < 4.78 is 39.5. The van der Waals surface area contributed by atoms with Gasteiger partial charge in [-0.15, -0.1) is 6.58 Å². The minimum atomic E-state index is -3.92. The van der Waals surface area contributed by atoms with Crippen LogP contribution in [0.4, 0.5) is 4.79 Å². The predicted molar refractivity (Wildman–Crippen MR) is 204 cm³/mol. The van der Waals surface area contributed by atoms with Crippen LogP contribution < -0.4 is 20.1 Å². The SMILES string of the molecule is C=CC1C[C@]1(NC(=O)[C@@H]1C[C@@H](Oc2nccc3ccc(C4CC4)cc23)CN1C(=O)[C@H](CCC(=O)C=C(C)C)NC(=O)OC(C)(C)C)C(=O)NS(=O)(=O)C1CC1.